The molecule has 1 saturated heterocycles. The highest BCUT2D eigenvalue weighted by Gasteiger charge is 2.48. The fraction of sp³-hybridized carbons (Fsp3) is 0.207. The molecule has 38 heavy (non-hydrogen) atoms. The Kier molecular flexibility index (Phi) is 7.35. The molecule has 5 rings (SSSR count). The monoisotopic (exact) mass is 548 g/mol. The van der Waals surface area contributed by atoms with Crippen LogP contribution in [0.5, 0.6) is 11.5 Å². The summed E-state index contributed by atoms with van der Waals surface area (Å²) in [6.07, 6.45) is 1.88. The summed E-state index contributed by atoms with van der Waals surface area (Å²) in [4.78, 5) is 32.9. The minimum absolute atomic E-state index is 0.0248. The topological polar surface area (TPSA) is 89.0 Å². The van der Waals surface area contributed by atoms with Crippen molar-refractivity contribution >= 4 is 55.7 Å². The maximum absolute atomic E-state index is 13.5. The SMILES string of the molecule is CCCCOc1cccc(/C(O)=C2\C(=O)C(=O)N(c3nc4ccc(Cl)cc4s3)C2c2ccc(OC)cc2)c1. The van der Waals surface area contributed by atoms with Gasteiger partial charge in [-0.1, -0.05) is 60.5 Å². The number of nitrogens with zero attached hydrogens (tertiary/aromatic N) is 2. The molecule has 0 spiro atoms. The number of methoxy groups -OCH3 is 1. The smallest absolute Gasteiger partial charge is 0.301 e. The molecule has 4 aromatic rings. The molecule has 2 heterocycles. The number of benzene rings is 3. The van der Waals surface area contributed by atoms with Gasteiger partial charge in [0, 0.05) is 10.6 Å². The van der Waals surface area contributed by atoms with E-state index in [9.17, 15) is 14.7 Å². The minimum atomic E-state index is -0.901. The summed E-state index contributed by atoms with van der Waals surface area (Å²) in [7, 11) is 1.56. The fourth-order valence-corrected chi connectivity index (χ4v) is 5.61. The van der Waals surface area contributed by atoms with Crippen molar-refractivity contribution in [2.75, 3.05) is 18.6 Å². The fourth-order valence-electron chi connectivity index (χ4n) is 4.34. The molecule has 3 aromatic carbocycles. The van der Waals surface area contributed by atoms with Gasteiger partial charge in [0.2, 0.25) is 0 Å². The van der Waals surface area contributed by atoms with Gasteiger partial charge in [-0.05, 0) is 54.4 Å². The number of carbonyl (C=O) groups is 2. The molecule has 0 aliphatic carbocycles. The van der Waals surface area contributed by atoms with Gasteiger partial charge in [-0.2, -0.15) is 0 Å². The summed E-state index contributed by atoms with van der Waals surface area (Å²) in [5.74, 6) is -0.652. The van der Waals surface area contributed by atoms with E-state index in [1.165, 1.54) is 16.2 Å². The van der Waals surface area contributed by atoms with Gasteiger partial charge in [-0.15, -0.1) is 0 Å². The number of unbranched alkanes of at least 4 members (excludes halogenated alkanes) is 1. The van der Waals surface area contributed by atoms with Crippen LogP contribution in [0.3, 0.4) is 0 Å². The average molecular weight is 549 g/mol. The molecule has 7 nitrogen and oxygen atoms in total. The average Bonchev–Trinajstić information content (AvgIpc) is 3.46. The van der Waals surface area contributed by atoms with Crippen LogP contribution < -0.4 is 14.4 Å². The Morgan fingerprint density at radius 1 is 1.08 bits per heavy atom. The van der Waals surface area contributed by atoms with Crippen LogP contribution in [0.4, 0.5) is 5.13 Å². The molecule has 0 radical (unpaired) electrons. The summed E-state index contributed by atoms with van der Waals surface area (Å²) in [5, 5.41) is 12.3. The first-order valence-electron chi connectivity index (χ1n) is 12.2. The van der Waals surface area contributed by atoms with Crippen LogP contribution in [0.1, 0.15) is 36.9 Å². The number of hydrogen-bond acceptors (Lipinski definition) is 7. The number of thiazole rings is 1. The van der Waals surface area contributed by atoms with Crippen molar-refractivity contribution < 1.29 is 24.2 Å². The largest absolute Gasteiger partial charge is 0.507 e. The molecule has 1 N–H and O–H groups in total. The van der Waals surface area contributed by atoms with E-state index in [1.54, 1.807) is 73.8 Å². The lowest BCUT2D eigenvalue weighted by Gasteiger charge is -2.23. The third-order valence-electron chi connectivity index (χ3n) is 6.30. The zero-order chi connectivity index (χ0) is 26.8. The Labute approximate surface area is 228 Å². The first-order valence-corrected chi connectivity index (χ1v) is 13.3. The quantitative estimate of drug-likeness (QED) is 0.113. The summed E-state index contributed by atoms with van der Waals surface area (Å²) < 4.78 is 11.9. The number of halogens is 1. The second-order valence-electron chi connectivity index (χ2n) is 8.78. The van der Waals surface area contributed by atoms with Crippen LogP contribution in [0.25, 0.3) is 16.0 Å². The van der Waals surface area contributed by atoms with Crippen LogP contribution in [0, 0.1) is 0 Å². The molecule has 0 bridgehead atoms. The number of carbonyl (C=O) groups excluding carboxylic acids is 2. The molecule has 1 aliphatic rings. The van der Waals surface area contributed by atoms with Crippen molar-refractivity contribution in [1.82, 2.24) is 4.98 Å². The lowest BCUT2D eigenvalue weighted by molar-refractivity contribution is -0.132. The number of rotatable bonds is 8. The number of ketones is 1. The molecule has 0 saturated carbocycles. The van der Waals surface area contributed by atoms with E-state index in [0.29, 0.717) is 44.9 Å². The predicted molar refractivity (Wildman–Crippen MR) is 149 cm³/mol. The van der Waals surface area contributed by atoms with E-state index in [-0.39, 0.29) is 11.3 Å². The molecule has 1 amide bonds. The third-order valence-corrected chi connectivity index (χ3v) is 7.55. The van der Waals surface area contributed by atoms with E-state index in [2.05, 4.69) is 11.9 Å². The van der Waals surface area contributed by atoms with Crippen LogP contribution in [0.15, 0.2) is 72.3 Å². The maximum Gasteiger partial charge on any atom is 0.301 e. The van der Waals surface area contributed by atoms with E-state index in [0.717, 1.165) is 17.5 Å². The van der Waals surface area contributed by atoms with Crippen molar-refractivity contribution in [1.29, 1.82) is 0 Å². The standard InChI is InChI=1S/C29H25ClN2O5S/c1-3-4-14-37-21-7-5-6-18(15-21)26(33)24-25(17-8-11-20(36-2)12-9-17)32(28(35)27(24)34)29-31-22-13-10-19(30)16-23(22)38-29/h5-13,15-16,25,33H,3-4,14H2,1-2H3/b26-24+. The van der Waals surface area contributed by atoms with Gasteiger partial charge in [0.15, 0.2) is 5.13 Å². The van der Waals surface area contributed by atoms with Crippen molar-refractivity contribution in [2.45, 2.75) is 25.8 Å². The Hall–Kier alpha value is -3.88. The zero-order valence-corrected chi connectivity index (χ0v) is 22.4. The van der Waals surface area contributed by atoms with Gasteiger partial charge in [0.1, 0.15) is 17.3 Å². The molecule has 1 aromatic heterocycles. The summed E-state index contributed by atoms with van der Waals surface area (Å²) >= 11 is 7.41. The molecule has 1 unspecified atom stereocenters. The Balaban J connectivity index is 1.64. The van der Waals surface area contributed by atoms with Gasteiger partial charge < -0.3 is 14.6 Å². The Morgan fingerprint density at radius 2 is 1.87 bits per heavy atom. The normalized spacial score (nSPS) is 16.8. The number of aliphatic hydroxyl groups is 1. The van der Waals surface area contributed by atoms with Gasteiger partial charge >= 0.3 is 5.91 Å². The molecular weight excluding hydrogens is 524 g/mol. The van der Waals surface area contributed by atoms with Crippen molar-refractivity contribution in [3.05, 3.63) is 88.5 Å². The predicted octanol–water partition coefficient (Wildman–Crippen LogP) is 6.76. The second-order valence-corrected chi connectivity index (χ2v) is 10.2. The lowest BCUT2D eigenvalue weighted by atomic mass is 9.95. The number of ether oxygens (including phenoxy) is 2. The molecule has 1 aliphatic heterocycles. The van der Waals surface area contributed by atoms with Crippen molar-refractivity contribution in [2.24, 2.45) is 0 Å². The number of amides is 1. The third kappa shape index (κ3) is 4.85. The number of aliphatic hydroxyl groups excluding tert-OH is 1. The van der Waals surface area contributed by atoms with Crippen LogP contribution in [-0.2, 0) is 9.59 Å². The second kappa shape index (κ2) is 10.8. The summed E-state index contributed by atoms with van der Waals surface area (Å²) in [6, 6.07) is 18.3. The van der Waals surface area contributed by atoms with Gasteiger partial charge in [-0.25, -0.2) is 4.98 Å². The highest BCUT2D eigenvalue weighted by atomic mass is 35.5. The zero-order valence-electron chi connectivity index (χ0n) is 20.8. The first kappa shape index (κ1) is 25.8. The molecule has 1 atom stereocenters. The highest BCUT2D eigenvalue weighted by molar-refractivity contribution is 7.22. The number of aromatic nitrogens is 1. The Bertz CT molecular complexity index is 1550. The minimum Gasteiger partial charge on any atom is -0.507 e. The highest BCUT2D eigenvalue weighted by Crippen LogP contribution is 2.45. The molecular formula is C29H25ClN2O5S. The summed E-state index contributed by atoms with van der Waals surface area (Å²) in [5.41, 5.74) is 1.63. The number of hydrogen-bond donors (Lipinski definition) is 1. The Morgan fingerprint density at radius 3 is 2.61 bits per heavy atom. The van der Waals surface area contributed by atoms with E-state index in [1.807, 2.05) is 0 Å². The molecule has 9 heteroatoms. The van der Waals surface area contributed by atoms with Gasteiger partial charge in [0.25, 0.3) is 5.78 Å². The van der Waals surface area contributed by atoms with E-state index >= 15 is 0 Å². The summed E-state index contributed by atoms with van der Waals surface area (Å²) in [6.45, 7) is 2.61. The van der Waals surface area contributed by atoms with E-state index in [4.69, 9.17) is 21.1 Å². The first-order chi connectivity index (χ1) is 18.4. The number of Topliss-reactive ketones (excluding diaryl/α,β-unsaturated/α-hetero) is 1. The maximum atomic E-state index is 13.5. The van der Waals surface area contributed by atoms with Gasteiger partial charge in [-0.3, -0.25) is 14.5 Å². The van der Waals surface area contributed by atoms with Crippen molar-refractivity contribution in [3.8, 4) is 11.5 Å². The molecule has 194 valence electrons. The van der Waals surface area contributed by atoms with Crippen LogP contribution in [0.2, 0.25) is 5.02 Å². The van der Waals surface area contributed by atoms with Gasteiger partial charge in [0.05, 0.1) is 35.5 Å². The lowest BCUT2D eigenvalue weighted by Crippen LogP contribution is -2.29. The number of fused-ring (bicyclic) bond motifs is 1. The molecule has 1 fully saturated rings. The van der Waals surface area contributed by atoms with Crippen LogP contribution >= 0.6 is 22.9 Å². The van der Waals surface area contributed by atoms with Crippen LogP contribution in [-0.4, -0.2) is 35.5 Å². The van der Waals surface area contributed by atoms with E-state index < -0.39 is 17.7 Å². The van der Waals surface area contributed by atoms with Crippen molar-refractivity contribution in [3.63, 3.8) is 0 Å². The number of anilines is 1.